The SMILES string of the molecule is CCCN(CCCC(C)N)CC1CC1. The molecule has 0 spiro atoms. The van der Waals surface area contributed by atoms with Gasteiger partial charge in [-0.25, -0.2) is 0 Å². The maximum absolute atomic E-state index is 5.75. The molecule has 0 aromatic carbocycles. The third-order valence-electron chi connectivity index (χ3n) is 2.89. The Morgan fingerprint density at radius 3 is 2.57 bits per heavy atom. The van der Waals surface area contributed by atoms with Crippen molar-refractivity contribution in [2.45, 2.75) is 52.0 Å². The first-order valence-corrected chi connectivity index (χ1v) is 6.20. The Labute approximate surface area is 88.8 Å². The lowest BCUT2D eigenvalue weighted by molar-refractivity contribution is 0.256. The molecule has 0 radical (unpaired) electrons. The van der Waals surface area contributed by atoms with E-state index in [4.69, 9.17) is 5.73 Å². The van der Waals surface area contributed by atoms with Crippen molar-refractivity contribution in [3.8, 4) is 0 Å². The summed E-state index contributed by atoms with van der Waals surface area (Å²) in [4.78, 5) is 2.63. The predicted octanol–water partition coefficient (Wildman–Crippen LogP) is 2.24. The molecule has 2 nitrogen and oxygen atoms in total. The van der Waals surface area contributed by atoms with Crippen molar-refractivity contribution < 1.29 is 0 Å². The summed E-state index contributed by atoms with van der Waals surface area (Å²) in [6.45, 7) is 8.24. The van der Waals surface area contributed by atoms with Crippen LogP contribution in [0.4, 0.5) is 0 Å². The lowest BCUT2D eigenvalue weighted by Gasteiger charge is -2.21. The first-order chi connectivity index (χ1) is 6.72. The molecule has 0 aliphatic heterocycles. The Bertz CT molecular complexity index is 141. The number of hydrogen-bond donors (Lipinski definition) is 1. The van der Waals surface area contributed by atoms with Crippen LogP contribution in [0, 0.1) is 5.92 Å². The van der Waals surface area contributed by atoms with Crippen molar-refractivity contribution in [2.24, 2.45) is 11.7 Å². The van der Waals surface area contributed by atoms with Crippen LogP contribution in [0.25, 0.3) is 0 Å². The Morgan fingerprint density at radius 1 is 1.36 bits per heavy atom. The summed E-state index contributed by atoms with van der Waals surface area (Å²) in [5, 5.41) is 0. The summed E-state index contributed by atoms with van der Waals surface area (Å²) >= 11 is 0. The maximum atomic E-state index is 5.75. The molecule has 1 saturated carbocycles. The van der Waals surface area contributed by atoms with Crippen molar-refractivity contribution in [3.05, 3.63) is 0 Å². The topological polar surface area (TPSA) is 29.3 Å². The normalized spacial score (nSPS) is 18.9. The van der Waals surface area contributed by atoms with E-state index in [1.807, 2.05) is 0 Å². The largest absolute Gasteiger partial charge is 0.328 e. The van der Waals surface area contributed by atoms with Crippen LogP contribution >= 0.6 is 0 Å². The van der Waals surface area contributed by atoms with Crippen molar-refractivity contribution in [1.29, 1.82) is 0 Å². The van der Waals surface area contributed by atoms with Gasteiger partial charge in [-0.15, -0.1) is 0 Å². The summed E-state index contributed by atoms with van der Waals surface area (Å²) in [5.41, 5.74) is 5.75. The summed E-state index contributed by atoms with van der Waals surface area (Å²) in [5.74, 6) is 1.02. The van der Waals surface area contributed by atoms with Gasteiger partial charge in [-0.05, 0) is 58.0 Å². The number of nitrogens with zero attached hydrogens (tertiary/aromatic N) is 1. The van der Waals surface area contributed by atoms with E-state index >= 15 is 0 Å². The molecule has 14 heavy (non-hydrogen) atoms. The average Bonchev–Trinajstić information content (AvgIpc) is 2.88. The van der Waals surface area contributed by atoms with Gasteiger partial charge in [0.05, 0.1) is 0 Å². The first kappa shape index (κ1) is 12.0. The van der Waals surface area contributed by atoms with E-state index in [1.54, 1.807) is 0 Å². The summed E-state index contributed by atoms with van der Waals surface area (Å²) < 4.78 is 0. The van der Waals surface area contributed by atoms with Gasteiger partial charge >= 0.3 is 0 Å². The third kappa shape index (κ3) is 5.61. The fourth-order valence-corrected chi connectivity index (χ4v) is 1.91. The Morgan fingerprint density at radius 2 is 2.07 bits per heavy atom. The fraction of sp³-hybridized carbons (Fsp3) is 1.00. The quantitative estimate of drug-likeness (QED) is 0.648. The van der Waals surface area contributed by atoms with Gasteiger partial charge in [-0.1, -0.05) is 6.92 Å². The van der Waals surface area contributed by atoms with Gasteiger partial charge in [0.15, 0.2) is 0 Å². The molecular weight excluding hydrogens is 172 g/mol. The van der Waals surface area contributed by atoms with Crippen LogP contribution in [-0.2, 0) is 0 Å². The highest BCUT2D eigenvalue weighted by molar-refractivity contribution is 4.77. The molecular formula is C12H26N2. The maximum Gasteiger partial charge on any atom is 0.00109 e. The summed E-state index contributed by atoms with van der Waals surface area (Å²) in [6, 6.07) is 0.374. The van der Waals surface area contributed by atoms with E-state index in [1.165, 1.54) is 51.7 Å². The summed E-state index contributed by atoms with van der Waals surface area (Å²) in [6.07, 6.45) is 6.65. The molecule has 1 aliphatic carbocycles. The van der Waals surface area contributed by atoms with Gasteiger partial charge in [0.1, 0.15) is 0 Å². The van der Waals surface area contributed by atoms with Crippen LogP contribution in [0.5, 0.6) is 0 Å². The van der Waals surface area contributed by atoms with Crippen LogP contribution in [0.2, 0.25) is 0 Å². The van der Waals surface area contributed by atoms with Crippen molar-refractivity contribution in [2.75, 3.05) is 19.6 Å². The highest BCUT2D eigenvalue weighted by Crippen LogP contribution is 2.29. The standard InChI is InChI=1S/C12H26N2/c1-3-8-14(10-12-6-7-12)9-4-5-11(2)13/h11-12H,3-10,13H2,1-2H3. The highest BCUT2D eigenvalue weighted by Gasteiger charge is 2.23. The zero-order chi connectivity index (χ0) is 10.4. The van der Waals surface area contributed by atoms with Crippen LogP contribution < -0.4 is 5.73 Å². The summed E-state index contributed by atoms with van der Waals surface area (Å²) in [7, 11) is 0. The first-order valence-electron chi connectivity index (χ1n) is 6.20. The second-order valence-corrected chi connectivity index (χ2v) is 4.86. The fourth-order valence-electron chi connectivity index (χ4n) is 1.91. The van der Waals surface area contributed by atoms with E-state index in [2.05, 4.69) is 18.7 Å². The molecule has 2 heteroatoms. The molecule has 1 fully saturated rings. The third-order valence-corrected chi connectivity index (χ3v) is 2.89. The minimum Gasteiger partial charge on any atom is -0.328 e. The Balaban J connectivity index is 2.06. The van der Waals surface area contributed by atoms with E-state index in [-0.39, 0.29) is 0 Å². The molecule has 0 amide bonds. The lowest BCUT2D eigenvalue weighted by atomic mass is 10.2. The predicted molar refractivity (Wildman–Crippen MR) is 62.3 cm³/mol. The second-order valence-electron chi connectivity index (χ2n) is 4.86. The van der Waals surface area contributed by atoms with Gasteiger partial charge in [-0.3, -0.25) is 0 Å². The molecule has 0 aromatic rings. The highest BCUT2D eigenvalue weighted by atomic mass is 15.1. The van der Waals surface area contributed by atoms with E-state index in [9.17, 15) is 0 Å². The molecule has 0 saturated heterocycles. The average molecular weight is 198 g/mol. The number of rotatable bonds is 8. The van der Waals surface area contributed by atoms with Gasteiger partial charge in [0, 0.05) is 12.6 Å². The number of hydrogen-bond acceptors (Lipinski definition) is 2. The van der Waals surface area contributed by atoms with Crippen LogP contribution in [0.1, 0.15) is 46.0 Å². The van der Waals surface area contributed by atoms with Crippen molar-refractivity contribution in [1.82, 2.24) is 4.90 Å². The Kier molecular flexibility index (Phi) is 5.49. The second kappa shape index (κ2) is 6.41. The van der Waals surface area contributed by atoms with Crippen LogP contribution in [0.3, 0.4) is 0 Å². The van der Waals surface area contributed by atoms with E-state index in [0.29, 0.717) is 6.04 Å². The molecule has 1 rings (SSSR count). The molecule has 1 unspecified atom stereocenters. The van der Waals surface area contributed by atoms with Gasteiger partial charge < -0.3 is 10.6 Å². The molecule has 0 heterocycles. The smallest absolute Gasteiger partial charge is 0.00109 e. The van der Waals surface area contributed by atoms with Crippen LogP contribution in [0.15, 0.2) is 0 Å². The van der Waals surface area contributed by atoms with Crippen molar-refractivity contribution >= 4 is 0 Å². The zero-order valence-electron chi connectivity index (χ0n) is 9.84. The van der Waals surface area contributed by atoms with Gasteiger partial charge in [-0.2, -0.15) is 0 Å². The van der Waals surface area contributed by atoms with Gasteiger partial charge in [0.2, 0.25) is 0 Å². The van der Waals surface area contributed by atoms with E-state index < -0.39 is 0 Å². The molecule has 0 bridgehead atoms. The minimum absolute atomic E-state index is 0.374. The molecule has 84 valence electrons. The number of nitrogens with two attached hydrogens (primary N) is 1. The molecule has 2 N–H and O–H groups in total. The van der Waals surface area contributed by atoms with Crippen LogP contribution in [-0.4, -0.2) is 30.6 Å². The zero-order valence-corrected chi connectivity index (χ0v) is 9.84. The molecule has 1 atom stereocenters. The van der Waals surface area contributed by atoms with Crippen molar-refractivity contribution in [3.63, 3.8) is 0 Å². The van der Waals surface area contributed by atoms with Gasteiger partial charge in [0.25, 0.3) is 0 Å². The van der Waals surface area contributed by atoms with E-state index in [0.717, 1.165) is 5.92 Å². The molecule has 1 aliphatic rings. The monoisotopic (exact) mass is 198 g/mol. The lowest BCUT2D eigenvalue weighted by Crippen LogP contribution is -2.29. The minimum atomic E-state index is 0.374. The molecule has 0 aromatic heterocycles. The Hall–Kier alpha value is -0.0800.